The van der Waals surface area contributed by atoms with Gasteiger partial charge < -0.3 is 5.32 Å². The Hall–Kier alpha value is -3.25. The van der Waals surface area contributed by atoms with Gasteiger partial charge in [-0.05, 0) is 43.3 Å². The number of nitrogens with zero attached hydrogens (tertiary/aromatic N) is 1. The Morgan fingerprint density at radius 1 is 1.00 bits per heavy atom. The van der Waals surface area contributed by atoms with E-state index in [-0.39, 0.29) is 17.9 Å². The minimum atomic E-state index is -0.730. The number of rotatable bonds is 4. The van der Waals surface area contributed by atoms with Gasteiger partial charge in [0.25, 0.3) is 5.91 Å². The van der Waals surface area contributed by atoms with Crippen molar-refractivity contribution in [3.63, 3.8) is 0 Å². The van der Waals surface area contributed by atoms with Crippen LogP contribution in [0.15, 0.2) is 83.3 Å². The molecular weight excluding hydrogens is 442 g/mol. The molecule has 2 N–H and O–H groups in total. The number of carbonyl (C=O) groups is 2. The van der Waals surface area contributed by atoms with Crippen LogP contribution in [0.1, 0.15) is 33.1 Å². The Bertz CT molecular complexity index is 1090. The SMILES string of the molecule is Cc1ccc([C@@H]2[C@@H](NC(=O)c3ccccc3)C(=O)N/[N+]2=C\c2ccc(Br)cc2)cc1. The molecule has 5 nitrogen and oxygen atoms in total. The third kappa shape index (κ3) is 4.33. The minimum Gasteiger partial charge on any atom is -0.334 e. The van der Waals surface area contributed by atoms with Crippen LogP contribution < -0.4 is 10.7 Å². The van der Waals surface area contributed by atoms with Crippen molar-refractivity contribution in [2.24, 2.45) is 0 Å². The lowest BCUT2D eigenvalue weighted by molar-refractivity contribution is -0.596. The topological polar surface area (TPSA) is 61.2 Å². The van der Waals surface area contributed by atoms with Crippen molar-refractivity contribution < 1.29 is 14.3 Å². The molecule has 2 atom stereocenters. The van der Waals surface area contributed by atoms with Crippen LogP contribution in [0, 0.1) is 6.92 Å². The number of hydrazine groups is 1. The molecule has 0 spiro atoms. The van der Waals surface area contributed by atoms with Gasteiger partial charge in [-0.25, -0.2) is 0 Å². The molecule has 150 valence electrons. The van der Waals surface area contributed by atoms with E-state index in [0.717, 1.165) is 21.2 Å². The Morgan fingerprint density at radius 3 is 2.33 bits per heavy atom. The lowest BCUT2D eigenvalue weighted by Crippen LogP contribution is -2.42. The molecule has 0 saturated carbocycles. The first kappa shape index (κ1) is 20.0. The first-order chi connectivity index (χ1) is 14.5. The van der Waals surface area contributed by atoms with Gasteiger partial charge in [-0.2, -0.15) is 0 Å². The van der Waals surface area contributed by atoms with E-state index in [2.05, 4.69) is 26.7 Å². The molecule has 30 heavy (non-hydrogen) atoms. The average Bonchev–Trinajstić information content (AvgIpc) is 3.05. The van der Waals surface area contributed by atoms with Crippen molar-refractivity contribution in [1.29, 1.82) is 0 Å². The zero-order valence-corrected chi connectivity index (χ0v) is 18.0. The predicted molar refractivity (Wildman–Crippen MR) is 119 cm³/mol. The van der Waals surface area contributed by atoms with E-state index in [9.17, 15) is 9.59 Å². The minimum absolute atomic E-state index is 0.252. The predicted octanol–water partition coefficient (Wildman–Crippen LogP) is 3.77. The highest BCUT2D eigenvalue weighted by atomic mass is 79.9. The molecular formula is C24H21BrN3O2+. The molecule has 0 radical (unpaired) electrons. The number of nitrogens with one attached hydrogen (secondary N) is 2. The summed E-state index contributed by atoms with van der Waals surface area (Å²) < 4.78 is 2.75. The molecule has 2 amide bonds. The molecule has 1 aliphatic heterocycles. The Morgan fingerprint density at radius 2 is 1.67 bits per heavy atom. The van der Waals surface area contributed by atoms with E-state index in [0.29, 0.717) is 5.56 Å². The molecule has 1 fully saturated rings. The van der Waals surface area contributed by atoms with Gasteiger partial charge in [0, 0.05) is 21.2 Å². The van der Waals surface area contributed by atoms with Crippen LogP contribution >= 0.6 is 15.9 Å². The van der Waals surface area contributed by atoms with Crippen LogP contribution in [0.2, 0.25) is 0 Å². The van der Waals surface area contributed by atoms with E-state index >= 15 is 0 Å². The Labute approximate surface area is 183 Å². The highest BCUT2D eigenvalue weighted by Gasteiger charge is 2.47. The van der Waals surface area contributed by atoms with Crippen LogP contribution in [-0.2, 0) is 4.79 Å². The normalized spacial score (nSPS) is 19.5. The molecule has 3 aromatic rings. The molecule has 0 aromatic heterocycles. The van der Waals surface area contributed by atoms with E-state index in [1.54, 1.807) is 28.9 Å². The fourth-order valence-corrected chi connectivity index (χ4v) is 3.73. The van der Waals surface area contributed by atoms with E-state index in [1.165, 1.54) is 0 Å². The maximum absolute atomic E-state index is 12.9. The second-order valence-corrected chi connectivity index (χ2v) is 8.15. The van der Waals surface area contributed by atoms with Gasteiger partial charge in [0.1, 0.15) is 0 Å². The van der Waals surface area contributed by atoms with Crippen molar-refractivity contribution in [2.45, 2.75) is 19.0 Å². The van der Waals surface area contributed by atoms with Crippen LogP contribution in [0.3, 0.4) is 0 Å². The summed E-state index contributed by atoms with van der Waals surface area (Å²) in [4.78, 5) is 25.6. The standard InChI is InChI=1S/C24H20BrN3O2/c1-16-7-11-18(12-8-16)22-21(26-23(29)19-5-3-2-4-6-19)24(30)27-28(22)15-17-9-13-20(25)14-10-17/h2-15,21-22H,1H3,(H-,26,27,29,30)/p+1/b28-15-/t21-,22-/m1/s1. The monoisotopic (exact) mass is 462 g/mol. The summed E-state index contributed by atoms with van der Waals surface area (Å²) in [7, 11) is 0. The van der Waals surface area contributed by atoms with Gasteiger partial charge >= 0.3 is 5.91 Å². The van der Waals surface area contributed by atoms with Crippen LogP contribution in [-0.4, -0.2) is 28.8 Å². The van der Waals surface area contributed by atoms with Gasteiger partial charge in [0.05, 0.1) is 0 Å². The van der Waals surface area contributed by atoms with Gasteiger partial charge in [0.2, 0.25) is 12.3 Å². The summed E-state index contributed by atoms with van der Waals surface area (Å²) in [5.74, 6) is -0.531. The van der Waals surface area contributed by atoms with Gasteiger partial charge in [0.15, 0.2) is 6.04 Å². The number of hydrogen-bond donors (Lipinski definition) is 2. The molecule has 0 unspecified atom stereocenters. The first-order valence-corrected chi connectivity index (χ1v) is 10.4. The summed E-state index contributed by atoms with van der Waals surface area (Å²) in [5.41, 5.74) is 6.42. The first-order valence-electron chi connectivity index (χ1n) is 9.63. The van der Waals surface area contributed by atoms with E-state index < -0.39 is 6.04 Å². The van der Waals surface area contributed by atoms with Crippen molar-refractivity contribution in [3.05, 3.63) is 106 Å². The summed E-state index contributed by atoms with van der Waals surface area (Å²) in [6.07, 6.45) is 1.88. The number of aryl methyl sites for hydroxylation is 1. The van der Waals surface area contributed by atoms with Crippen LogP contribution in [0.25, 0.3) is 0 Å². The van der Waals surface area contributed by atoms with Gasteiger partial charge in [-0.3, -0.25) is 9.59 Å². The third-order valence-electron chi connectivity index (χ3n) is 5.04. The van der Waals surface area contributed by atoms with Crippen molar-refractivity contribution in [2.75, 3.05) is 0 Å². The Kier molecular flexibility index (Phi) is 5.77. The van der Waals surface area contributed by atoms with Crippen LogP contribution in [0.4, 0.5) is 0 Å². The lowest BCUT2D eigenvalue weighted by atomic mass is 9.98. The average molecular weight is 463 g/mol. The zero-order chi connectivity index (χ0) is 21.1. The number of halogens is 1. The zero-order valence-electron chi connectivity index (χ0n) is 16.4. The fourth-order valence-electron chi connectivity index (χ4n) is 3.47. The van der Waals surface area contributed by atoms with E-state index in [4.69, 9.17) is 0 Å². The number of hydrogen-bond acceptors (Lipinski definition) is 2. The highest BCUT2D eigenvalue weighted by molar-refractivity contribution is 9.10. The smallest absolute Gasteiger partial charge is 0.304 e. The largest absolute Gasteiger partial charge is 0.334 e. The molecule has 6 heteroatoms. The third-order valence-corrected chi connectivity index (χ3v) is 5.57. The molecule has 4 rings (SSSR count). The van der Waals surface area contributed by atoms with Crippen molar-refractivity contribution in [1.82, 2.24) is 10.7 Å². The maximum Gasteiger partial charge on any atom is 0.304 e. The quantitative estimate of drug-likeness (QED) is 0.579. The lowest BCUT2D eigenvalue weighted by Gasteiger charge is -2.15. The van der Waals surface area contributed by atoms with E-state index in [1.807, 2.05) is 67.7 Å². The highest BCUT2D eigenvalue weighted by Crippen LogP contribution is 2.26. The molecule has 0 aliphatic carbocycles. The summed E-state index contributed by atoms with van der Waals surface area (Å²) in [5, 5.41) is 2.91. The number of carbonyl (C=O) groups excluding carboxylic acids is 2. The second kappa shape index (κ2) is 8.63. The van der Waals surface area contributed by atoms with Gasteiger partial charge in [-0.15, -0.1) is 10.1 Å². The van der Waals surface area contributed by atoms with Crippen LogP contribution in [0.5, 0.6) is 0 Å². The summed E-state index contributed by atoms with van der Waals surface area (Å²) in [6, 6.07) is 23.6. The number of benzene rings is 3. The molecule has 1 aliphatic rings. The van der Waals surface area contributed by atoms with Crippen molar-refractivity contribution in [3.8, 4) is 0 Å². The summed E-state index contributed by atoms with van der Waals surface area (Å²) >= 11 is 3.44. The molecule has 3 aromatic carbocycles. The summed E-state index contributed by atoms with van der Waals surface area (Å²) in [6.45, 7) is 2.02. The number of amides is 2. The fraction of sp³-hybridized carbons (Fsp3) is 0.125. The van der Waals surface area contributed by atoms with Crippen molar-refractivity contribution >= 4 is 34.0 Å². The molecule has 0 bridgehead atoms. The molecule has 1 heterocycles. The second-order valence-electron chi connectivity index (χ2n) is 7.24. The number of hydrazone groups is 1. The molecule has 1 saturated heterocycles. The maximum atomic E-state index is 12.9. The van der Waals surface area contributed by atoms with Gasteiger partial charge in [-0.1, -0.05) is 64.0 Å². The Balaban J connectivity index is 1.70.